The van der Waals surface area contributed by atoms with E-state index in [-0.39, 0.29) is 0 Å². The van der Waals surface area contributed by atoms with E-state index in [1.165, 1.54) is 166 Å². The molecule has 0 radical (unpaired) electrons. The highest BCUT2D eigenvalue weighted by molar-refractivity contribution is 5.91. The number of hydrogen-bond acceptors (Lipinski definition) is 4. The number of hydrogen-bond donors (Lipinski definition) is 0. The Morgan fingerprint density at radius 1 is 0.364 bits per heavy atom. The molecule has 44 heavy (non-hydrogen) atoms. The highest BCUT2D eigenvalue weighted by atomic mass is 16.5. The molecule has 4 nitrogen and oxygen atoms in total. The maximum Gasteiger partial charge on any atom is 0.331 e. The molecule has 0 unspecified atom stereocenters. The number of allylic oxidation sites excluding steroid dienone is 4. The van der Waals surface area contributed by atoms with Gasteiger partial charge in [-0.15, -0.1) is 0 Å². The minimum absolute atomic E-state index is 0.412. The van der Waals surface area contributed by atoms with E-state index in [0.29, 0.717) is 13.2 Å². The smallest absolute Gasteiger partial charge is 0.331 e. The third-order valence-electron chi connectivity index (χ3n) is 8.16. The van der Waals surface area contributed by atoms with Gasteiger partial charge >= 0.3 is 11.9 Å². The van der Waals surface area contributed by atoms with E-state index in [2.05, 4.69) is 38.2 Å². The minimum atomic E-state index is -0.466. The Hall–Kier alpha value is -1.84. The van der Waals surface area contributed by atoms with E-state index in [9.17, 15) is 9.59 Å². The van der Waals surface area contributed by atoms with Crippen LogP contribution in [0.2, 0.25) is 0 Å². The fourth-order valence-electron chi connectivity index (χ4n) is 5.28. The van der Waals surface area contributed by atoms with Crippen molar-refractivity contribution in [2.24, 2.45) is 0 Å². The van der Waals surface area contributed by atoms with Gasteiger partial charge in [-0.25, -0.2) is 9.59 Å². The van der Waals surface area contributed by atoms with Crippen LogP contribution < -0.4 is 0 Å². The molecule has 0 saturated heterocycles. The first-order valence-electron chi connectivity index (χ1n) is 19.0. The third-order valence-corrected chi connectivity index (χ3v) is 8.16. The summed E-state index contributed by atoms with van der Waals surface area (Å²) in [5, 5.41) is 0. The van der Waals surface area contributed by atoms with Crippen molar-refractivity contribution in [3.63, 3.8) is 0 Å². The molecule has 0 rings (SSSR count). The lowest BCUT2D eigenvalue weighted by Gasteiger charge is -2.03. The van der Waals surface area contributed by atoms with Crippen molar-refractivity contribution in [3.05, 3.63) is 36.5 Å². The molecule has 0 heterocycles. The SMILES string of the molecule is CCCCCCCCC=CCCCCCCCCOC(=O)C=CC(=O)OCCCCCCCCC=CCCCCCCCC. The first-order valence-corrected chi connectivity index (χ1v) is 19.0. The van der Waals surface area contributed by atoms with Crippen LogP contribution in [-0.2, 0) is 19.1 Å². The number of unbranched alkanes of at least 4 members (excludes halogenated alkanes) is 24. The summed E-state index contributed by atoms with van der Waals surface area (Å²) < 4.78 is 10.4. The van der Waals surface area contributed by atoms with Gasteiger partial charge in [-0.2, -0.15) is 0 Å². The molecule has 256 valence electrons. The van der Waals surface area contributed by atoms with Crippen molar-refractivity contribution in [2.75, 3.05) is 13.2 Å². The van der Waals surface area contributed by atoms with Gasteiger partial charge in [0.15, 0.2) is 0 Å². The average Bonchev–Trinajstić information content (AvgIpc) is 3.03. The van der Waals surface area contributed by atoms with Gasteiger partial charge in [-0.3, -0.25) is 0 Å². The van der Waals surface area contributed by atoms with Gasteiger partial charge in [-0.1, -0.05) is 154 Å². The lowest BCUT2D eigenvalue weighted by Crippen LogP contribution is -2.06. The Labute approximate surface area is 273 Å². The normalized spacial score (nSPS) is 11.8. The Morgan fingerprint density at radius 3 is 0.909 bits per heavy atom. The van der Waals surface area contributed by atoms with Gasteiger partial charge < -0.3 is 9.47 Å². The van der Waals surface area contributed by atoms with Crippen molar-refractivity contribution in [2.45, 2.75) is 194 Å². The number of carbonyl (C=O) groups excluding carboxylic acids is 2. The fraction of sp³-hybridized carbons (Fsp3) is 0.800. The summed E-state index contributed by atoms with van der Waals surface area (Å²) in [5.74, 6) is -0.932. The highest BCUT2D eigenvalue weighted by Crippen LogP contribution is 2.11. The molecule has 0 N–H and O–H groups in total. The summed E-state index contributed by atoms with van der Waals surface area (Å²) in [7, 11) is 0. The molecule has 0 aromatic carbocycles. The second-order valence-corrected chi connectivity index (χ2v) is 12.5. The van der Waals surface area contributed by atoms with Crippen LogP contribution in [0.3, 0.4) is 0 Å². The molecule has 0 bridgehead atoms. The van der Waals surface area contributed by atoms with Crippen molar-refractivity contribution < 1.29 is 19.1 Å². The van der Waals surface area contributed by atoms with Crippen LogP contribution in [0.25, 0.3) is 0 Å². The van der Waals surface area contributed by atoms with Crippen LogP contribution in [0.15, 0.2) is 36.5 Å². The zero-order chi connectivity index (χ0) is 32.0. The third kappa shape index (κ3) is 36.4. The van der Waals surface area contributed by atoms with Crippen molar-refractivity contribution in [3.8, 4) is 0 Å². The van der Waals surface area contributed by atoms with E-state index in [1.807, 2.05) is 0 Å². The quantitative estimate of drug-likeness (QED) is 0.0312. The monoisotopic (exact) mass is 617 g/mol. The summed E-state index contributed by atoms with van der Waals surface area (Å²) >= 11 is 0. The molecule has 0 aliphatic rings. The van der Waals surface area contributed by atoms with Crippen molar-refractivity contribution in [1.82, 2.24) is 0 Å². The standard InChI is InChI=1S/C40H72O4/c1-3-5-7-9-11-13-15-17-19-21-23-25-27-29-31-33-37-43-39(41)35-36-40(42)44-38-34-32-30-28-26-24-22-20-18-16-14-12-10-8-6-4-2/h17-20,35-36H,3-16,21-34,37-38H2,1-2H3. The lowest BCUT2D eigenvalue weighted by atomic mass is 10.1. The van der Waals surface area contributed by atoms with Crippen LogP contribution in [0.5, 0.6) is 0 Å². The van der Waals surface area contributed by atoms with Gasteiger partial charge in [-0.05, 0) is 64.2 Å². The van der Waals surface area contributed by atoms with Crippen LogP contribution in [-0.4, -0.2) is 25.2 Å². The number of esters is 2. The number of ether oxygens (including phenoxy) is 2. The van der Waals surface area contributed by atoms with E-state index < -0.39 is 11.9 Å². The molecule has 0 amide bonds. The maximum absolute atomic E-state index is 11.8. The molecule has 0 atom stereocenters. The molecule has 0 saturated carbocycles. The van der Waals surface area contributed by atoms with Gasteiger partial charge in [0.05, 0.1) is 13.2 Å². The van der Waals surface area contributed by atoms with Gasteiger partial charge in [0.1, 0.15) is 0 Å². The summed E-state index contributed by atoms with van der Waals surface area (Å²) in [5.41, 5.74) is 0. The van der Waals surface area contributed by atoms with Crippen LogP contribution >= 0.6 is 0 Å². The van der Waals surface area contributed by atoms with E-state index in [1.54, 1.807) is 0 Å². The second kappa shape index (κ2) is 37.3. The molecule has 0 aliphatic heterocycles. The summed E-state index contributed by atoms with van der Waals surface area (Å²) in [6.45, 7) is 5.36. The average molecular weight is 617 g/mol. The predicted octanol–water partition coefficient (Wildman–Crippen LogP) is 12.7. The van der Waals surface area contributed by atoms with Crippen LogP contribution in [0.4, 0.5) is 0 Å². The molecule has 0 aromatic heterocycles. The zero-order valence-electron chi connectivity index (χ0n) is 29.3. The van der Waals surface area contributed by atoms with Crippen molar-refractivity contribution >= 4 is 11.9 Å². The fourth-order valence-corrected chi connectivity index (χ4v) is 5.28. The van der Waals surface area contributed by atoms with Gasteiger partial charge in [0.25, 0.3) is 0 Å². The first-order chi connectivity index (χ1) is 21.7. The van der Waals surface area contributed by atoms with Gasteiger partial charge in [0.2, 0.25) is 0 Å². The largest absolute Gasteiger partial charge is 0.463 e. The van der Waals surface area contributed by atoms with E-state index in [4.69, 9.17) is 9.47 Å². The highest BCUT2D eigenvalue weighted by Gasteiger charge is 2.02. The Balaban J connectivity index is 3.40. The first kappa shape index (κ1) is 42.2. The van der Waals surface area contributed by atoms with E-state index in [0.717, 1.165) is 25.7 Å². The van der Waals surface area contributed by atoms with Crippen molar-refractivity contribution in [1.29, 1.82) is 0 Å². The Morgan fingerprint density at radius 2 is 0.614 bits per heavy atom. The second-order valence-electron chi connectivity index (χ2n) is 12.5. The van der Waals surface area contributed by atoms with Gasteiger partial charge in [0, 0.05) is 12.2 Å². The Bertz CT molecular complexity index is 635. The van der Waals surface area contributed by atoms with Crippen LogP contribution in [0.1, 0.15) is 194 Å². The zero-order valence-corrected chi connectivity index (χ0v) is 29.3. The predicted molar refractivity (Wildman–Crippen MR) is 190 cm³/mol. The molecule has 0 spiro atoms. The van der Waals surface area contributed by atoms with E-state index >= 15 is 0 Å². The lowest BCUT2D eigenvalue weighted by molar-refractivity contribution is -0.140. The summed E-state index contributed by atoms with van der Waals surface area (Å²) in [6, 6.07) is 0. The molecule has 0 aromatic rings. The number of rotatable bonds is 34. The summed E-state index contributed by atoms with van der Waals surface area (Å²) in [6.07, 6.45) is 46.9. The topological polar surface area (TPSA) is 52.6 Å². The Kier molecular flexibility index (Phi) is 35.8. The molecule has 0 fully saturated rings. The molecular weight excluding hydrogens is 544 g/mol. The molecule has 4 heteroatoms. The molecular formula is C40H72O4. The minimum Gasteiger partial charge on any atom is -0.463 e. The summed E-state index contributed by atoms with van der Waals surface area (Å²) in [4.78, 5) is 23.6. The number of carbonyl (C=O) groups is 2. The molecule has 0 aliphatic carbocycles. The maximum atomic E-state index is 11.8. The van der Waals surface area contributed by atoms with Crippen LogP contribution in [0, 0.1) is 0 Å².